The molecule has 0 saturated carbocycles. The first-order valence-corrected chi connectivity index (χ1v) is 4.87. The molecule has 0 radical (unpaired) electrons. The fraction of sp³-hybridized carbons (Fsp3) is 0.900. The molecule has 0 fully saturated rings. The van der Waals surface area contributed by atoms with Crippen molar-refractivity contribution in [1.29, 1.82) is 0 Å². The van der Waals surface area contributed by atoms with Gasteiger partial charge in [-0.3, -0.25) is 9.69 Å². The molecule has 4 heteroatoms. The maximum absolute atomic E-state index is 10.8. The summed E-state index contributed by atoms with van der Waals surface area (Å²) in [5, 5.41) is 8.88. The van der Waals surface area contributed by atoms with Crippen LogP contribution in [0.25, 0.3) is 0 Å². The van der Waals surface area contributed by atoms with E-state index in [9.17, 15) is 4.79 Å². The summed E-state index contributed by atoms with van der Waals surface area (Å²) in [6, 6.07) is 0. The molecular weight excluding hydrogens is 180 g/mol. The topological polar surface area (TPSA) is 66.6 Å². The Morgan fingerprint density at radius 3 is 2.14 bits per heavy atom. The van der Waals surface area contributed by atoms with Crippen LogP contribution < -0.4 is 5.73 Å². The van der Waals surface area contributed by atoms with E-state index in [1.807, 2.05) is 11.9 Å². The predicted molar refractivity (Wildman–Crippen MR) is 57.2 cm³/mol. The maximum atomic E-state index is 10.8. The Hall–Kier alpha value is -0.610. The molecule has 0 spiro atoms. The Labute approximate surface area is 86.1 Å². The number of nitrogens with zero attached hydrogens (tertiary/aromatic N) is 1. The van der Waals surface area contributed by atoms with Crippen molar-refractivity contribution in [3.05, 3.63) is 0 Å². The summed E-state index contributed by atoms with van der Waals surface area (Å²) in [6.07, 6.45) is 0.958. The summed E-state index contributed by atoms with van der Waals surface area (Å²) in [5.41, 5.74) is 4.47. The molecule has 14 heavy (non-hydrogen) atoms. The van der Waals surface area contributed by atoms with Gasteiger partial charge in [0.2, 0.25) is 0 Å². The first-order valence-electron chi connectivity index (χ1n) is 4.87. The lowest BCUT2D eigenvalue weighted by Crippen LogP contribution is -2.57. The fourth-order valence-corrected chi connectivity index (χ4v) is 1.04. The number of carbonyl (C=O) groups is 1. The molecule has 0 aromatic rings. The van der Waals surface area contributed by atoms with E-state index in [4.69, 9.17) is 10.8 Å². The molecule has 0 rings (SSSR count). The van der Waals surface area contributed by atoms with Crippen molar-refractivity contribution < 1.29 is 9.90 Å². The van der Waals surface area contributed by atoms with E-state index in [0.717, 1.165) is 6.42 Å². The first-order chi connectivity index (χ1) is 6.13. The normalized spacial score (nSPS) is 16.8. The van der Waals surface area contributed by atoms with Gasteiger partial charge in [-0.25, -0.2) is 0 Å². The zero-order valence-corrected chi connectivity index (χ0v) is 9.79. The predicted octanol–water partition coefficient (Wildman–Crippen LogP) is 0.909. The van der Waals surface area contributed by atoms with Crippen LogP contribution in [-0.2, 0) is 4.79 Å². The van der Waals surface area contributed by atoms with Crippen LogP contribution in [-0.4, -0.2) is 40.6 Å². The quantitative estimate of drug-likeness (QED) is 0.695. The number of hydrogen-bond donors (Lipinski definition) is 2. The summed E-state index contributed by atoms with van der Waals surface area (Å²) < 4.78 is 0. The standard InChI is InChI=1S/C10H22N2O2/c1-6-9(2,3)12(5)7-10(4,11)8(13)14/h6-7,11H2,1-5H3,(H,13,14). The molecule has 0 aromatic heterocycles. The molecule has 0 aliphatic rings. The Bertz CT molecular complexity index is 212. The van der Waals surface area contributed by atoms with Gasteiger partial charge in [0, 0.05) is 12.1 Å². The summed E-state index contributed by atoms with van der Waals surface area (Å²) in [5.74, 6) is -0.962. The highest BCUT2D eigenvalue weighted by molar-refractivity contribution is 5.78. The van der Waals surface area contributed by atoms with Crippen LogP contribution in [0.4, 0.5) is 0 Å². The first kappa shape index (κ1) is 13.4. The number of rotatable bonds is 5. The van der Waals surface area contributed by atoms with E-state index < -0.39 is 11.5 Å². The third kappa shape index (κ3) is 3.27. The zero-order valence-electron chi connectivity index (χ0n) is 9.79. The van der Waals surface area contributed by atoms with Crippen LogP contribution in [0.2, 0.25) is 0 Å². The van der Waals surface area contributed by atoms with Gasteiger partial charge in [-0.2, -0.15) is 0 Å². The smallest absolute Gasteiger partial charge is 0.324 e. The van der Waals surface area contributed by atoms with Gasteiger partial charge in [0.15, 0.2) is 0 Å². The minimum absolute atomic E-state index is 0.0178. The van der Waals surface area contributed by atoms with Gasteiger partial charge < -0.3 is 10.8 Å². The highest BCUT2D eigenvalue weighted by Gasteiger charge is 2.33. The average Bonchev–Trinajstić information content (AvgIpc) is 2.03. The van der Waals surface area contributed by atoms with Crippen LogP contribution in [0.1, 0.15) is 34.1 Å². The van der Waals surface area contributed by atoms with Crippen molar-refractivity contribution in [3.63, 3.8) is 0 Å². The largest absolute Gasteiger partial charge is 0.480 e. The van der Waals surface area contributed by atoms with Crippen molar-refractivity contribution >= 4 is 5.97 Å². The number of carboxylic acid groups (broad SMARTS) is 1. The minimum atomic E-state index is -1.18. The second-order valence-electron chi connectivity index (χ2n) is 4.74. The molecule has 84 valence electrons. The van der Waals surface area contributed by atoms with Gasteiger partial charge in [0.05, 0.1) is 0 Å². The van der Waals surface area contributed by atoms with Gasteiger partial charge in [-0.1, -0.05) is 6.92 Å². The molecule has 0 aliphatic carbocycles. The second-order valence-corrected chi connectivity index (χ2v) is 4.74. The Morgan fingerprint density at radius 1 is 1.43 bits per heavy atom. The number of likely N-dealkylation sites (N-methyl/N-ethyl adjacent to an activating group) is 1. The Kier molecular flexibility index (Phi) is 4.09. The van der Waals surface area contributed by atoms with Gasteiger partial charge in [0.25, 0.3) is 0 Å². The van der Waals surface area contributed by atoms with E-state index >= 15 is 0 Å². The number of carboxylic acids is 1. The van der Waals surface area contributed by atoms with Crippen molar-refractivity contribution in [2.24, 2.45) is 5.73 Å². The molecule has 1 atom stereocenters. The summed E-state index contributed by atoms with van der Waals surface area (Å²) in [4.78, 5) is 12.8. The third-order valence-electron chi connectivity index (χ3n) is 2.95. The highest BCUT2D eigenvalue weighted by atomic mass is 16.4. The average molecular weight is 202 g/mol. The van der Waals surface area contributed by atoms with Crippen molar-refractivity contribution in [1.82, 2.24) is 4.90 Å². The molecular formula is C10H22N2O2. The number of hydrogen-bond acceptors (Lipinski definition) is 3. The van der Waals surface area contributed by atoms with Crippen LogP contribution in [0.3, 0.4) is 0 Å². The molecule has 0 bridgehead atoms. The Balaban J connectivity index is 4.46. The van der Waals surface area contributed by atoms with E-state index in [0.29, 0.717) is 6.54 Å². The molecule has 0 saturated heterocycles. The molecule has 0 amide bonds. The van der Waals surface area contributed by atoms with Gasteiger partial charge >= 0.3 is 5.97 Å². The second kappa shape index (κ2) is 4.28. The lowest BCUT2D eigenvalue weighted by atomic mass is 9.96. The number of nitrogens with two attached hydrogens (primary N) is 1. The number of aliphatic carboxylic acids is 1. The lowest BCUT2D eigenvalue weighted by Gasteiger charge is -2.38. The van der Waals surface area contributed by atoms with Crippen molar-refractivity contribution in [3.8, 4) is 0 Å². The van der Waals surface area contributed by atoms with Crippen LogP contribution >= 0.6 is 0 Å². The minimum Gasteiger partial charge on any atom is -0.480 e. The van der Waals surface area contributed by atoms with E-state index in [2.05, 4.69) is 20.8 Å². The molecule has 3 N–H and O–H groups in total. The SMILES string of the molecule is CCC(C)(C)N(C)CC(C)(N)C(=O)O. The molecule has 0 heterocycles. The molecule has 4 nitrogen and oxygen atoms in total. The lowest BCUT2D eigenvalue weighted by molar-refractivity contribution is -0.143. The fourth-order valence-electron chi connectivity index (χ4n) is 1.04. The molecule has 1 unspecified atom stereocenters. The van der Waals surface area contributed by atoms with E-state index in [1.54, 1.807) is 0 Å². The van der Waals surface area contributed by atoms with Crippen LogP contribution in [0.5, 0.6) is 0 Å². The molecule has 0 aromatic carbocycles. The monoisotopic (exact) mass is 202 g/mol. The van der Waals surface area contributed by atoms with Gasteiger partial charge in [-0.15, -0.1) is 0 Å². The van der Waals surface area contributed by atoms with Crippen LogP contribution in [0.15, 0.2) is 0 Å². The maximum Gasteiger partial charge on any atom is 0.324 e. The van der Waals surface area contributed by atoms with Gasteiger partial charge in [0.1, 0.15) is 5.54 Å². The molecule has 0 aliphatic heterocycles. The summed E-state index contributed by atoms with van der Waals surface area (Å²) >= 11 is 0. The Morgan fingerprint density at radius 2 is 1.86 bits per heavy atom. The van der Waals surface area contributed by atoms with Crippen molar-refractivity contribution in [2.75, 3.05) is 13.6 Å². The van der Waals surface area contributed by atoms with Gasteiger partial charge in [-0.05, 0) is 34.2 Å². The summed E-state index contributed by atoms with van der Waals surface area (Å²) in [6.45, 7) is 8.11. The highest BCUT2D eigenvalue weighted by Crippen LogP contribution is 2.18. The summed E-state index contributed by atoms with van der Waals surface area (Å²) in [7, 11) is 1.90. The van der Waals surface area contributed by atoms with E-state index in [1.165, 1.54) is 6.92 Å². The van der Waals surface area contributed by atoms with E-state index in [-0.39, 0.29) is 5.54 Å². The van der Waals surface area contributed by atoms with Crippen LogP contribution in [0, 0.1) is 0 Å². The van der Waals surface area contributed by atoms with Crippen molar-refractivity contribution in [2.45, 2.75) is 45.2 Å². The zero-order chi connectivity index (χ0) is 11.6. The third-order valence-corrected chi connectivity index (χ3v) is 2.95.